The van der Waals surface area contributed by atoms with Gasteiger partial charge in [0.15, 0.2) is 29.1 Å². The largest absolute Gasteiger partial charge is 0.508 e. The highest BCUT2D eigenvalue weighted by atomic mass is 32.2. The molecular formula is C84H108N10O10S. The molecule has 6 aromatic rings. The first-order chi connectivity index (χ1) is 50.8. The van der Waals surface area contributed by atoms with E-state index in [4.69, 9.17) is 17.2 Å². The lowest BCUT2D eigenvalue weighted by molar-refractivity contribution is -0.136. The number of hydrogen-bond donors (Lipinski definition) is 10. The molecule has 5 aromatic carbocycles. The number of guanidine groups is 1. The van der Waals surface area contributed by atoms with Gasteiger partial charge in [0.2, 0.25) is 17.7 Å². The molecule has 3 heterocycles. The van der Waals surface area contributed by atoms with Crippen LogP contribution in [0.3, 0.4) is 0 Å². The van der Waals surface area contributed by atoms with Gasteiger partial charge in [-0.25, -0.2) is 0 Å². The molecule has 2 aliphatic heterocycles. The van der Waals surface area contributed by atoms with Crippen molar-refractivity contribution in [3.8, 4) is 5.75 Å². The van der Waals surface area contributed by atoms with Crippen LogP contribution >= 0.6 is 11.8 Å². The van der Waals surface area contributed by atoms with E-state index in [0.717, 1.165) is 59.3 Å². The summed E-state index contributed by atoms with van der Waals surface area (Å²) in [7, 11) is 2.26. The number of nitrogens with two attached hydrogens (primary N) is 3. The predicted octanol–water partition coefficient (Wildman–Crippen LogP) is 9.14. The number of unbranched alkanes of at least 4 members (excludes halogenated alkanes) is 1. The number of H-pyrrole nitrogens is 1. The number of para-hydroxylation sites is 1. The van der Waals surface area contributed by atoms with Gasteiger partial charge in [0, 0.05) is 117 Å². The number of likely N-dealkylation sites (tertiary alicyclic amines) is 1. The minimum Gasteiger partial charge on any atom is -0.508 e. The Morgan fingerprint density at radius 2 is 1.28 bits per heavy atom. The average molecular weight is 1450 g/mol. The van der Waals surface area contributed by atoms with Crippen molar-refractivity contribution in [2.45, 2.75) is 184 Å². The Hall–Kier alpha value is -8.60. The number of aliphatic hydroxyl groups is 1. The number of piperidine rings is 1. The van der Waals surface area contributed by atoms with Gasteiger partial charge in [-0.3, -0.25) is 43.3 Å². The van der Waals surface area contributed by atoms with E-state index in [1.807, 2.05) is 96.7 Å². The molecule has 1 aromatic heterocycles. The number of thioether (sulfide) groups is 1. The van der Waals surface area contributed by atoms with Crippen molar-refractivity contribution in [2.75, 3.05) is 44.7 Å². The number of aromatic nitrogens is 1. The van der Waals surface area contributed by atoms with Crippen molar-refractivity contribution < 1.29 is 48.6 Å². The number of phenols is 1. The fourth-order valence-electron chi connectivity index (χ4n) is 16.2. The molecule has 3 amide bonds. The summed E-state index contributed by atoms with van der Waals surface area (Å²) in [6, 6.07) is 35.1. The Kier molecular flexibility index (Phi) is 29.4. The normalized spacial score (nSPS) is 24.9. The van der Waals surface area contributed by atoms with Crippen molar-refractivity contribution in [2.24, 2.45) is 51.8 Å². The molecule has 20 nitrogen and oxygen atoms in total. The number of nitrogens with one attached hydrogen (secondary N) is 5. The minimum absolute atomic E-state index is 0.0109. The number of nitrogens with zero attached hydrogens (tertiary/aromatic N) is 2. The molecule has 13 N–H and O–H groups in total. The molecule has 560 valence electrons. The smallest absolute Gasteiger partial charge is 0.224 e. The van der Waals surface area contributed by atoms with Crippen LogP contribution in [0.25, 0.3) is 16.5 Å². The standard InChI is InChI=1S/C84H108N10O10S/c1-53(95)80-78(101)48-62(40-56-30-34-65(96)35-31-56)74(97)29-11-5-10-28-70(88-38-39-105-52-57-42-68-67-26-16-23-58-32-33-59(79(58)67)45-73(68)94(2)51-57)75(98)46-61(24-17-37-89-84(86)87)81(102)91-71(43-55-20-8-4-9-21-55)77(100)49-63(41-54-18-6-3-7-19-54)83(104)92-72(44-64-50-90-69-27-13-12-25-66(64)69)76(99)47-60(82(103)93-80)22-14-15-36-85/h3-4,6-9,12-13,16,18-21,23,25-27,30-31,33-35,50,53,57,60-63,68,70-73,80,88,90,95-96H,5,10-11,14-15,17,22,24,28-29,32,36-49,51-52,85H2,1-2H3,(H,91,102)(H,92,104)(H,93,103)(H4,86,87,89)/t53-,57-,60-,61-,62-,63-,68-,70-,71+,72-,73-,80+/m1/s1. The highest BCUT2D eigenvalue weighted by Crippen LogP contribution is 2.49. The number of aliphatic imine (C=N–C) groups is 1. The number of aromatic hydroxyl groups is 1. The van der Waals surface area contributed by atoms with Gasteiger partial charge in [-0.2, -0.15) is 11.8 Å². The molecule has 0 spiro atoms. The third-order valence-electron chi connectivity index (χ3n) is 21.9. The first-order valence-electron chi connectivity index (χ1n) is 38.0. The molecule has 10 rings (SSSR count). The quantitative estimate of drug-likeness (QED) is 0.0162. The number of likely N-dealkylation sites (N-methyl/N-ethyl adjacent to an activating group) is 1. The van der Waals surface area contributed by atoms with Crippen molar-refractivity contribution in [1.82, 2.24) is 31.2 Å². The maximum Gasteiger partial charge on any atom is 0.224 e. The molecular weight excluding hydrogens is 1340 g/mol. The van der Waals surface area contributed by atoms with E-state index in [0.29, 0.717) is 87.0 Å². The van der Waals surface area contributed by atoms with E-state index >= 15 is 24.0 Å². The van der Waals surface area contributed by atoms with Gasteiger partial charge in [-0.15, -0.1) is 0 Å². The summed E-state index contributed by atoms with van der Waals surface area (Å²) in [5, 5.41) is 35.0. The monoisotopic (exact) mass is 1450 g/mol. The van der Waals surface area contributed by atoms with Gasteiger partial charge in [-0.1, -0.05) is 135 Å². The first kappa shape index (κ1) is 79.0. The van der Waals surface area contributed by atoms with Gasteiger partial charge in [0.25, 0.3) is 0 Å². The summed E-state index contributed by atoms with van der Waals surface area (Å²) in [5.74, 6) is -5.19. The number of carbonyl (C=O) groups is 8. The molecule has 2 fully saturated rings. The number of hydrogen-bond acceptors (Lipinski definition) is 15. The Labute approximate surface area is 622 Å². The van der Waals surface area contributed by atoms with E-state index in [1.165, 1.54) is 41.3 Å². The number of benzene rings is 5. The summed E-state index contributed by atoms with van der Waals surface area (Å²) in [5.41, 5.74) is 27.1. The molecule has 0 radical (unpaired) electrons. The summed E-state index contributed by atoms with van der Waals surface area (Å²) >= 11 is 1.87. The van der Waals surface area contributed by atoms with Crippen LogP contribution in [0.4, 0.5) is 0 Å². The lowest BCUT2D eigenvalue weighted by Crippen LogP contribution is -2.51. The summed E-state index contributed by atoms with van der Waals surface area (Å²) in [4.78, 5) is 131. The number of amides is 3. The Morgan fingerprint density at radius 1 is 0.648 bits per heavy atom. The number of Topliss-reactive ketones (excluding diaryl/α,β-unsaturated/α-hetero) is 5. The van der Waals surface area contributed by atoms with Gasteiger partial charge in [-0.05, 0) is 172 Å². The summed E-state index contributed by atoms with van der Waals surface area (Å²) < 4.78 is 0. The van der Waals surface area contributed by atoms with Crippen molar-refractivity contribution in [3.05, 3.63) is 179 Å². The highest BCUT2D eigenvalue weighted by Gasteiger charge is 2.42. The van der Waals surface area contributed by atoms with Gasteiger partial charge < -0.3 is 58.6 Å². The second kappa shape index (κ2) is 39.1. The second-order valence-corrected chi connectivity index (χ2v) is 30.9. The van der Waals surface area contributed by atoms with Crippen LogP contribution in [0.5, 0.6) is 5.75 Å². The number of aliphatic hydroxyl groups excluding tert-OH is 1. The topological polar surface area (TPSA) is 335 Å². The minimum atomic E-state index is -1.47. The van der Waals surface area contributed by atoms with Crippen LogP contribution in [-0.4, -0.2) is 154 Å². The molecule has 2 saturated heterocycles. The fourth-order valence-corrected chi connectivity index (χ4v) is 17.2. The van der Waals surface area contributed by atoms with Crippen molar-refractivity contribution >= 4 is 80.8 Å². The zero-order valence-corrected chi connectivity index (χ0v) is 61.8. The Morgan fingerprint density at radius 3 is 1.99 bits per heavy atom. The van der Waals surface area contributed by atoms with Crippen LogP contribution in [0.2, 0.25) is 0 Å². The van der Waals surface area contributed by atoms with Gasteiger partial charge in [0.05, 0.1) is 24.2 Å². The lowest BCUT2D eigenvalue weighted by atomic mass is 9.70. The van der Waals surface area contributed by atoms with Crippen molar-refractivity contribution in [1.29, 1.82) is 0 Å². The lowest BCUT2D eigenvalue weighted by Gasteiger charge is -2.46. The van der Waals surface area contributed by atoms with Crippen LogP contribution in [0.1, 0.15) is 155 Å². The molecule has 12 atom stereocenters. The first-order valence-corrected chi connectivity index (χ1v) is 39.2. The van der Waals surface area contributed by atoms with Crippen LogP contribution in [0.15, 0.2) is 145 Å². The fraction of sp³-hybridized carbons (Fsp3) is 0.488. The Balaban J connectivity index is 0.958. The number of rotatable bonds is 23. The number of aromatic amines is 1. The predicted molar refractivity (Wildman–Crippen MR) is 414 cm³/mol. The molecule has 2 aliphatic carbocycles. The Bertz CT molecular complexity index is 3990. The van der Waals surface area contributed by atoms with E-state index in [2.05, 4.69) is 67.5 Å². The number of fused-ring (bicyclic) bond motifs is 3. The van der Waals surface area contributed by atoms with E-state index in [-0.39, 0.29) is 100 Å². The highest BCUT2D eigenvalue weighted by molar-refractivity contribution is 7.99. The number of allylic oxidation sites excluding steroid dienone is 1. The van der Waals surface area contributed by atoms with E-state index < -0.39 is 89.0 Å². The van der Waals surface area contributed by atoms with Gasteiger partial charge in [0.1, 0.15) is 17.6 Å². The van der Waals surface area contributed by atoms with E-state index in [9.17, 15) is 24.6 Å². The third kappa shape index (κ3) is 22.5. The molecule has 105 heavy (non-hydrogen) atoms. The summed E-state index contributed by atoms with van der Waals surface area (Å²) in [6.07, 6.45) is 8.55. The molecule has 21 heteroatoms. The van der Waals surface area contributed by atoms with Crippen LogP contribution < -0.4 is 38.5 Å². The number of ketones is 5. The molecule has 0 saturated carbocycles. The SMILES string of the molecule is C[C@@H](O)[C@@H]1NC(=O)[C@H](CCCCN)CC(=O)[C@@H](Cc2c[nH]c3ccccc23)NC(=O)[C@H](Cc2ccccc2)CC(=O)[C@H](Cc2ccccc2)NC(=O)[C@H](CCCN=C(N)N)CC(=O)[C@H](NCCSC[C@@H]2C[C@@H]3c4cccc5c4C(=CC5)C[C@H]3N(C)C2)CCCCCC(=O)[C@H](Cc2ccc(O)cc2)CC1=O. The number of carbonyl (C=O) groups excluding carboxylic acids is 8. The molecule has 4 aliphatic rings. The summed E-state index contributed by atoms with van der Waals surface area (Å²) in [6.45, 7) is 3.39. The van der Waals surface area contributed by atoms with Gasteiger partial charge >= 0.3 is 0 Å². The molecule has 0 unspecified atom stereocenters. The maximum absolute atomic E-state index is 15.5. The zero-order chi connectivity index (χ0) is 74.4. The van der Waals surface area contributed by atoms with Crippen LogP contribution in [0, 0.1) is 29.6 Å². The second-order valence-electron chi connectivity index (χ2n) is 29.7. The van der Waals surface area contributed by atoms with Crippen molar-refractivity contribution in [3.63, 3.8) is 0 Å². The third-order valence-corrected chi connectivity index (χ3v) is 23.1. The van der Waals surface area contributed by atoms with Crippen LogP contribution in [-0.2, 0) is 70.5 Å². The average Bonchev–Trinajstić information content (AvgIpc) is 1.68. The molecule has 0 bridgehead atoms. The zero-order valence-electron chi connectivity index (χ0n) is 61.0. The maximum atomic E-state index is 15.5. The van der Waals surface area contributed by atoms with E-state index in [1.54, 1.807) is 18.3 Å². The number of phenolic OH excluding ortho intramolecular Hbond substituents is 1.